The fourth-order valence-corrected chi connectivity index (χ4v) is 2.73. The maximum atomic E-state index is 5.85. The van der Waals surface area contributed by atoms with Crippen molar-refractivity contribution in [3.05, 3.63) is 0 Å². The highest BCUT2D eigenvalue weighted by atomic mass is 16.5. The molecule has 0 aromatic rings. The van der Waals surface area contributed by atoms with Gasteiger partial charge in [-0.2, -0.15) is 0 Å². The Labute approximate surface area is 81.0 Å². The highest BCUT2D eigenvalue weighted by Crippen LogP contribution is 2.40. The molecule has 2 rings (SSSR count). The molecule has 2 nitrogen and oxygen atoms in total. The van der Waals surface area contributed by atoms with Gasteiger partial charge < -0.3 is 10.1 Å². The van der Waals surface area contributed by atoms with E-state index in [2.05, 4.69) is 19.2 Å². The summed E-state index contributed by atoms with van der Waals surface area (Å²) in [5.41, 5.74) is 0. The first kappa shape index (κ1) is 9.47. The molecule has 0 aromatic carbocycles. The molecule has 4 atom stereocenters. The van der Waals surface area contributed by atoms with Crippen molar-refractivity contribution in [1.29, 1.82) is 0 Å². The molecule has 0 aliphatic carbocycles. The molecule has 2 fully saturated rings. The van der Waals surface area contributed by atoms with Crippen molar-refractivity contribution in [2.24, 2.45) is 5.92 Å². The van der Waals surface area contributed by atoms with E-state index in [1.807, 2.05) is 0 Å². The molecule has 2 saturated heterocycles. The van der Waals surface area contributed by atoms with Crippen molar-refractivity contribution in [2.45, 2.75) is 57.8 Å². The van der Waals surface area contributed by atoms with E-state index < -0.39 is 0 Å². The lowest BCUT2D eigenvalue weighted by atomic mass is 9.84. The molecule has 2 aliphatic rings. The lowest BCUT2D eigenvalue weighted by Crippen LogP contribution is -2.38. The van der Waals surface area contributed by atoms with Crippen molar-refractivity contribution in [3.63, 3.8) is 0 Å². The van der Waals surface area contributed by atoms with Crippen LogP contribution in [0.1, 0.15) is 39.5 Å². The number of hydrogen-bond acceptors (Lipinski definition) is 2. The predicted octanol–water partition coefficient (Wildman–Crippen LogP) is 1.94. The zero-order valence-corrected chi connectivity index (χ0v) is 8.75. The number of fused-ring (bicyclic) bond motifs is 2. The average molecular weight is 183 g/mol. The minimum absolute atomic E-state index is 0.573. The van der Waals surface area contributed by atoms with Crippen LogP contribution in [0.2, 0.25) is 0 Å². The molecule has 0 saturated carbocycles. The topological polar surface area (TPSA) is 21.3 Å². The fourth-order valence-electron chi connectivity index (χ4n) is 2.73. The van der Waals surface area contributed by atoms with Crippen molar-refractivity contribution in [2.75, 3.05) is 6.54 Å². The number of hydrogen-bond donors (Lipinski definition) is 1. The summed E-state index contributed by atoms with van der Waals surface area (Å²) >= 11 is 0. The Kier molecular flexibility index (Phi) is 2.89. The van der Waals surface area contributed by atoms with Gasteiger partial charge in [-0.3, -0.25) is 0 Å². The molecule has 76 valence electrons. The van der Waals surface area contributed by atoms with Crippen molar-refractivity contribution in [1.82, 2.24) is 5.32 Å². The van der Waals surface area contributed by atoms with Crippen LogP contribution < -0.4 is 5.32 Å². The first-order valence-electron chi connectivity index (χ1n) is 5.70. The van der Waals surface area contributed by atoms with Crippen molar-refractivity contribution in [3.8, 4) is 0 Å². The summed E-state index contributed by atoms with van der Waals surface area (Å²) in [4.78, 5) is 0. The van der Waals surface area contributed by atoms with E-state index in [0.717, 1.165) is 12.5 Å². The second kappa shape index (κ2) is 3.97. The minimum atomic E-state index is 0.573. The third-order valence-corrected chi connectivity index (χ3v) is 3.51. The normalized spacial score (nSPS) is 39.7. The smallest absolute Gasteiger partial charge is 0.0623 e. The monoisotopic (exact) mass is 183 g/mol. The maximum absolute atomic E-state index is 5.85. The Hall–Kier alpha value is -0.0800. The second-order valence-electron chi connectivity index (χ2n) is 4.52. The Bertz CT molecular complexity index is 171. The van der Waals surface area contributed by atoms with Crippen LogP contribution >= 0.6 is 0 Å². The molecule has 2 heterocycles. The van der Waals surface area contributed by atoms with E-state index in [1.165, 1.54) is 25.7 Å². The van der Waals surface area contributed by atoms with Gasteiger partial charge in [-0.15, -0.1) is 0 Å². The van der Waals surface area contributed by atoms with Crippen LogP contribution in [-0.4, -0.2) is 24.8 Å². The quantitative estimate of drug-likeness (QED) is 0.719. The second-order valence-corrected chi connectivity index (χ2v) is 4.52. The lowest BCUT2D eigenvalue weighted by Gasteiger charge is -2.26. The van der Waals surface area contributed by atoms with E-state index in [-0.39, 0.29) is 0 Å². The molecule has 2 aliphatic heterocycles. The zero-order valence-electron chi connectivity index (χ0n) is 8.75. The van der Waals surface area contributed by atoms with E-state index in [0.29, 0.717) is 18.2 Å². The van der Waals surface area contributed by atoms with E-state index in [9.17, 15) is 0 Å². The summed E-state index contributed by atoms with van der Waals surface area (Å²) in [6, 6.07) is 0.648. The summed E-state index contributed by atoms with van der Waals surface area (Å²) in [6.45, 7) is 5.68. The zero-order chi connectivity index (χ0) is 9.26. The summed E-state index contributed by atoms with van der Waals surface area (Å²) in [6.07, 6.45) is 6.30. The third kappa shape index (κ3) is 1.89. The van der Waals surface area contributed by atoms with Gasteiger partial charge >= 0.3 is 0 Å². The predicted molar refractivity (Wildman–Crippen MR) is 53.8 cm³/mol. The Balaban J connectivity index is 1.80. The van der Waals surface area contributed by atoms with Gasteiger partial charge in [-0.05, 0) is 39.2 Å². The van der Waals surface area contributed by atoms with Gasteiger partial charge in [0.05, 0.1) is 12.2 Å². The highest BCUT2D eigenvalue weighted by Gasteiger charge is 2.42. The van der Waals surface area contributed by atoms with Gasteiger partial charge in [-0.25, -0.2) is 0 Å². The van der Waals surface area contributed by atoms with Crippen LogP contribution in [0.4, 0.5) is 0 Å². The van der Waals surface area contributed by atoms with Gasteiger partial charge in [0.25, 0.3) is 0 Å². The fraction of sp³-hybridized carbons (Fsp3) is 1.00. The minimum Gasteiger partial charge on any atom is -0.375 e. The van der Waals surface area contributed by atoms with E-state index in [4.69, 9.17) is 4.74 Å². The van der Waals surface area contributed by atoms with Crippen LogP contribution in [0.25, 0.3) is 0 Å². The molecule has 0 radical (unpaired) electrons. The standard InChI is InChI=1S/C11H21NO/c1-3-6-12-8(2)10-7-9-4-5-11(10)13-9/h8-12H,3-7H2,1-2H3. The molecular weight excluding hydrogens is 162 g/mol. The highest BCUT2D eigenvalue weighted by molar-refractivity contribution is 4.93. The van der Waals surface area contributed by atoms with Crippen LogP contribution in [0.3, 0.4) is 0 Å². The van der Waals surface area contributed by atoms with Crippen LogP contribution in [0.5, 0.6) is 0 Å². The largest absolute Gasteiger partial charge is 0.375 e. The van der Waals surface area contributed by atoms with Crippen molar-refractivity contribution < 1.29 is 4.74 Å². The Morgan fingerprint density at radius 2 is 2.31 bits per heavy atom. The molecular formula is C11H21NO. The van der Waals surface area contributed by atoms with E-state index in [1.54, 1.807) is 0 Å². The Morgan fingerprint density at radius 3 is 2.85 bits per heavy atom. The molecule has 0 spiro atoms. The molecule has 13 heavy (non-hydrogen) atoms. The molecule has 2 bridgehead atoms. The summed E-state index contributed by atoms with van der Waals surface area (Å²) < 4.78 is 5.85. The first-order valence-corrected chi connectivity index (χ1v) is 5.70. The number of nitrogens with one attached hydrogen (secondary N) is 1. The molecule has 4 unspecified atom stereocenters. The summed E-state index contributed by atoms with van der Waals surface area (Å²) in [5, 5.41) is 3.58. The molecule has 0 aromatic heterocycles. The molecule has 1 N–H and O–H groups in total. The maximum Gasteiger partial charge on any atom is 0.0623 e. The van der Waals surface area contributed by atoms with Crippen LogP contribution in [-0.2, 0) is 4.74 Å². The molecule has 2 heteroatoms. The third-order valence-electron chi connectivity index (χ3n) is 3.51. The van der Waals surface area contributed by atoms with Gasteiger partial charge in [0, 0.05) is 12.0 Å². The lowest BCUT2D eigenvalue weighted by molar-refractivity contribution is 0.0871. The number of ether oxygens (including phenoxy) is 1. The van der Waals surface area contributed by atoms with Gasteiger partial charge in [0.1, 0.15) is 0 Å². The SMILES string of the molecule is CCCNC(C)C1CC2CCC1O2. The number of rotatable bonds is 4. The first-order chi connectivity index (χ1) is 6.31. The van der Waals surface area contributed by atoms with Gasteiger partial charge in [0.2, 0.25) is 0 Å². The Morgan fingerprint density at radius 1 is 1.46 bits per heavy atom. The van der Waals surface area contributed by atoms with Crippen LogP contribution in [0.15, 0.2) is 0 Å². The average Bonchev–Trinajstić information content (AvgIpc) is 2.74. The van der Waals surface area contributed by atoms with Crippen LogP contribution in [0, 0.1) is 5.92 Å². The summed E-state index contributed by atoms with van der Waals surface area (Å²) in [5.74, 6) is 0.783. The van der Waals surface area contributed by atoms with Gasteiger partial charge in [-0.1, -0.05) is 6.92 Å². The molecule has 0 amide bonds. The summed E-state index contributed by atoms with van der Waals surface area (Å²) in [7, 11) is 0. The van der Waals surface area contributed by atoms with Gasteiger partial charge in [0.15, 0.2) is 0 Å². The van der Waals surface area contributed by atoms with Crippen molar-refractivity contribution >= 4 is 0 Å². The van der Waals surface area contributed by atoms with E-state index >= 15 is 0 Å².